The highest BCUT2D eigenvalue weighted by molar-refractivity contribution is 5.86. The van der Waals surface area contributed by atoms with E-state index in [1.54, 1.807) is 5.56 Å². The van der Waals surface area contributed by atoms with Crippen LogP contribution in [0.5, 0.6) is 0 Å². The highest BCUT2D eigenvalue weighted by Crippen LogP contribution is 2.39. The molecule has 4 nitrogen and oxygen atoms in total. The summed E-state index contributed by atoms with van der Waals surface area (Å²) < 4.78 is 0. The molecule has 2 atom stereocenters. The third-order valence-electron chi connectivity index (χ3n) is 5.12. The first-order valence-corrected chi connectivity index (χ1v) is 8.14. The van der Waals surface area contributed by atoms with Crippen molar-refractivity contribution in [3.05, 3.63) is 35.5 Å². The van der Waals surface area contributed by atoms with Crippen LogP contribution in [0.2, 0.25) is 0 Å². The van der Waals surface area contributed by atoms with Gasteiger partial charge in [0.25, 0.3) is 0 Å². The standard InChI is InChI=1S/C17H24N4.3ClH/c18-7-8-19-12-5-9-21-10-6-14-13-3-1-2-4-15(13)20-17(14)16(21)11-12;;;/h1-4,12,16,19-20H,5-11,18H2;3*1H/t12-,16+;;;/m0.../s1. The van der Waals surface area contributed by atoms with Crippen molar-refractivity contribution in [2.45, 2.75) is 31.3 Å². The molecule has 0 spiro atoms. The lowest BCUT2D eigenvalue weighted by molar-refractivity contribution is 0.114. The number of nitrogens with one attached hydrogen (secondary N) is 2. The quantitative estimate of drug-likeness (QED) is 0.751. The molecule has 4 N–H and O–H groups in total. The number of piperidine rings is 1. The summed E-state index contributed by atoms with van der Waals surface area (Å²) >= 11 is 0. The van der Waals surface area contributed by atoms with E-state index in [4.69, 9.17) is 5.73 Å². The summed E-state index contributed by atoms with van der Waals surface area (Å²) in [7, 11) is 0. The van der Waals surface area contributed by atoms with Gasteiger partial charge in [-0.15, -0.1) is 37.2 Å². The lowest BCUT2D eigenvalue weighted by Crippen LogP contribution is -2.47. The monoisotopic (exact) mass is 392 g/mol. The minimum absolute atomic E-state index is 0. The molecule has 3 heterocycles. The smallest absolute Gasteiger partial charge is 0.0516 e. The second-order valence-corrected chi connectivity index (χ2v) is 6.33. The molecule has 4 rings (SSSR count). The summed E-state index contributed by atoms with van der Waals surface area (Å²) in [6, 6.07) is 9.87. The zero-order valence-corrected chi connectivity index (χ0v) is 16.1. The number of aromatic amines is 1. The number of hydrogen-bond acceptors (Lipinski definition) is 3. The van der Waals surface area contributed by atoms with E-state index in [-0.39, 0.29) is 37.2 Å². The Hall–Kier alpha value is -0.490. The maximum absolute atomic E-state index is 5.63. The summed E-state index contributed by atoms with van der Waals surface area (Å²) in [5.41, 5.74) is 9.93. The highest BCUT2D eigenvalue weighted by Gasteiger charge is 2.35. The minimum Gasteiger partial charge on any atom is -0.357 e. The Labute approximate surface area is 162 Å². The number of para-hydroxylation sites is 1. The van der Waals surface area contributed by atoms with Crippen LogP contribution in [-0.2, 0) is 6.42 Å². The molecular weight excluding hydrogens is 367 g/mol. The van der Waals surface area contributed by atoms with Crippen LogP contribution in [0.3, 0.4) is 0 Å². The number of aromatic nitrogens is 1. The maximum Gasteiger partial charge on any atom is 0.0516 e. The Morgan fingerprint density at radius 2 is 1.96 bits per heavy atom. The van der Waals surface area contributed by atoms with Crippen molar-refractivity contribution in [1.82, 2.24) is 15.2 Å². The SMILES string of the molecule is Cl.Cl.Cl.NCCN[C@H]1CCN2CCc3c([nH]c4ccccc34)[C@H]2C1. The Morgan fingerprint density at radius 1 is 1.17 bits per heavy atom. The van der Waals surface area contributed by atoms with E-state index >= 15 is 0 Å². The van der Waals surface area contributed by atoms with E-state index in [9.17, 15) is 0 Å². The number of nitrogens with zero attached hydrogens (tertiary/aromatic N) is 1. The van der Waals surface area contributed by atoms with Gasteiger partial charge < -0.3 is 16.0 Å². The van der Waals surface area contributed by atoms with E-state index < -0.39 is 0 Å². The fourth-order valence-electron chi connectivity index (χ4n) is 4.08. The predicted molar refractivity (Wildman–Crippen MR) is 108 cm³/mol. The zero-order valence-electron chi connectivity index (χ0n) is 13.7. The minimum atomic E-state index is 0. The Balaban J connectivity index is 0.000000960. The van der Waals surface area contributed by atoms with Crippen LogP contribution in [0.25, 0.3) is 10.9 Å². The van der Waals surface area contributed by atoms with Crippen molar-refractivity contribution >= 4 is 48.1 Å². The first-order valence-electron chi connectivity index (χ1n) is 8.14. The molecule has 0 unspecified atom stereocenters. The number of hydrogen-bond donors (Lipinski definition) is 3. The van der Waals surface area contributed by atoms with Crippen molar-refractivity contribution in [3.63, 3.8) is 0 Å². The molecule has 0 amide bonds. The van der Waals surface area contributed by atoms with Gasteiger partial charge in [-0.25, -0.2) is 0 Å². The molecule has 2 aliphatic rings. The largest absolute Gasteiger partial charge is 0.357 e. The number of fused-ring (bicyclic) bond motifs is 5. The fourth-order valence-corrected chi connectivity index (χ4v) is 4.08. The number of rotatable bonds is 3. The second kappa shape index (κ2) is 9.27. The van der Waals surface area contributed by atoms with Gasteiger partial charge >= 0.3 is 0 Å². The summed E-state index contributed by atoms with van der Waals surface area (Å²) in [6.07, 6.45) is 3.61. The summed E-state index contributed by atoms with van der Waals surface area (Å²) in [5, 5.41) is 5.02. The normalized spacial score (nSPS) is 22.5. The second-order valence-electron chi connectivity index (χ2n) is 6.33. The first-order chi connectivity index (χ1) is 10.4. The van der Waals surface area contributed by atoms with Crippen LogP contribution < -0.4 is 11.1 Å². The molecule has 0 aliphatic carbocycles. The third-order valence-corrected chi connectivity index (χ3v) is 5.12. The van der Waals surface area contributed by atoms with Crippen LogP contribution in [0.1, 0.15) is 30.1 Å². The lowest BCUT2D eigenvalue weighted by atomic mass is 9.88. The van der Waals surface area contributed by atoms with Crippen molar-refractivity contribution in [2.75, 3.05) is 26.2 Å². The van der Waals surface area contributed by atoms with Crippen LogP contribution in [0.15, 0.2) is 24.3 Å². The Bertz CT molecular complexity index is 646. The molecule has 1 saturated heterocycles. The molecule has 2 aromatic rings. The van der Waals surface area contributed by atoms with E-state index in [1.165, 1.54) is 48.9 Å². The molecule has 1 fully saturated rings. The molecule has 7 heteroatoms. The molecule has 1 aromatic heterocycles. The summed E-state index contributed by atoms with van der Waals surface area (Å²) in [5.74, 6) is 0. The van der Waals surface area contributed by atoms with E-state index in [0.717, 1.165) is 13.1 Å². The van der Waals surface area contributed by atoms with Crippen molar-refractivity contribution in [3.8, 4) is 0 Å². The molecular formula is C17H27Cl3N4. The van der Waals surface area contributed by atoms with Gasteiger partial charge in [-0.05, 0) is 30.9 Å². The summed E-state index contributed by atoms with van der Waals surface area (Å²) in [4.78, 5) is 6.35. The Morgan fingerprint density at radius 3 is 2.75 bits per heavy atom. The molecule has 0 bridgehead atoms. The van der Waals surface area contributed by atoms with Gasteiger partial charge in [0.15, 0.2) is 0 Å². The van der Waals surface area contributed by atoms with E-state index in [0.29, 0.717) is 12.1 Å². The Kier molecular flexibility index (Phi) is 8.33. The van der Waals surface area contributed by atoms with Gasteiger partial charge in [-0.2, -0.15) is 0 Å². The van der Waals surface area contributed by atoms with Crippen LogP contribution >= 0.6 is 37.2 Å². The van der Waals surface area contributed by atoms with Gasteiger partial charge in [-0.3, -0.25) is 4.90 Å². The van der Waals surface area contributed by atoms with Gasteiger partial charge in [0, 0.05) is 48.8 Å². The van der Waals surface area contributed by atoms with Crippen LogP contribution in [0, 0.1) is 0 Å². The van der Waals surface area contributed by atoms with Crippen molar-refractivity contribution in [1.29, 1.82) is 0 Å². The lowest BCUT2D eigenvalue weighted by Gasteiger charge is -2.42. The topological polar surface area (TPSA) is 57.1 Å². The number of H-pyrrole nitrogens is 1. The predicted octanol–water partition coefficient (Wildman–Crippen LogP) is 3.04. The van der Waals surface area contributed by atoms with Crippen molar-refractivity contribution in [2.24, 2.45) is 5.73 Å². The molecule has 0 radical (unpaired) electrons. The van der Waals surface area contributed by atoms with Crippen LogP contribution in [-0.4, -0.2) is 42.1 Å². The van der Waals surface area contributed by atoms with Crippen LogP contribution in [0.4, 0.5) is 0 Å². The van der Waals surface area contributed by atoms with Gasteiger partial charge in [0.2, 0.25) is 0 Å². The average Bonchev–Trinajstić information content (AvgIpc) is 2.92. The zero-order chi connectivity index (χ0) is 14.2. The molecule has 0 saturated carbocycles. The maximum atomic E-state index is 5.63. The number of benzene rings is 1. The molecule has 1 aromatic carbocycles. The van der Waals surface area contributed by atoms with Gasteiger partial charge in [-0.1, -0.05) is 18.2 Å². The fraction of sp³-hybridized carbons (Fsp3) is 0.529. The number of nitrogens with two attached hydrogens (primary N) is 1. The summed E-state index contributed by atoms with van der Waals surface area (Å²) in [6.45, 7) is 4.05. The van der Waals surface area contributed by atoms with Gasteiger partial charge in [0.1, 0.15) is 0 Å². The van der Waals surface area contributed by atoms with E-state index in [2.05, 4.69) is 39.5 Å². The molecule has 2 aliphatic heterocycles. The van der Waals surface area contributed by atoms with E-state index in [1.807, 2.05) is 0 Å². The highest BCUT2D eigenvalue weighted by atomic mass is 35.5. The van der Waals surface area contributed by atoms with Gasteiger partial charge in [0.05, 0.1) is 6.04 Å². The third kappa shape index (κ3) is 3.85. The molecule has 136 valence electrons. The average molecular weight is 394 g/mol. The number of halogens is 3. The first kappa shape index (κ1) is 21.6. The molecule has 24 heavy (non-hydrogen) atoms. The van der Waals surface area contributed by atoms with Crippen molar-refractivity contribution < 1.29 is 0 Å².